The molecule has 1 aromatic heterocycles. The molecule has 2 aromatic rings. The first-order chi connectivity index (χ1) is 13.3. The smallest absolute Gasteiger partial charge is 0.251 e. The Morgan fingerprint density at radius 3 is 2.57 bits per heavy atom. The monoisotopic (exact) mass is 380 g/mol. The van der Waals surface area contributed by atoms with Gasteiger partial charge in [-0.15, -0.1) is 0 Å². The Hall–Kier alpha value is -2.89. The SMILES string of the molecule is CCNC(=O)c1ccc2c(c1)C(Nc1cccc(C)n1)C(C)C(C)N2C(C)=O. The quantitative estimate of drug-likeness (QED) is 0.848. The average molecular weight is 380 g/mol. The van der Waals surface area contributed by atoms with Gasteiger partial charge in [0.25, 0.3) is 5.91 Å². The highest BCUT2D eigenvalue weighted by molar-refractivity contribution is 5.97. The summed E-state index contributed by atoms with van der Waals surface area (Å²) in [6, 6.07) is 11.4. The van der Waals surface area contributed by atoms with Crippen molar-refractivity contribution in [1.29, 1.82) is 0 Å². The third-order valence-corrected chi connectivity index (χ3v) is 5.45. The Morgan fingerprint density at radius 2 is 1.93 bits per heavy atom. The van der Waals surface area contributed by atoms with E-state index in [0.29, 0.717) is 12.1 Å². The number of nitrogens with zero attached hydrogens (tertiary/aromatic N) is 2. The number of aromatic nitrogens is 1. The van der Waals surface area contributed by atoms with E-state index in [1.54, 1.807) is 13.0 Å². The molecule has 1 aliphatic heterocycles. The molecule has 3 atom stereocenters. The predicted octanol–water partition coefficient (Wildman–Crippen LogP) is 3.68. The second-order valence-electron chi connectivity index (χ2n) is 7.41. The maximum absolute atomic E-state index is 12.4. The number of fused-ring (bicyclic) bond motifs is 1. The molecule has 0 fully saturated rings. The van der Waals surface area contributed by atoms with Crippen molar-refractivity contribution >= 4 is 23.3 Å². The van der Waals surface area contributed by atoms with E-state index in [2.05, 4.69) is 29.5 Å². The van der Waals surface area contributed by atoms with Crippen LogP contribution in [0.5, 0.6) is 0 Å². The first kappa shape index (κ1) is 19.9. The molecule has 0 saturated heterocycles. The van der Waals surface area contributed by atoms with Crippen molar-refractivity contribution in [2.75, 3.05) is 16.8 Å². The van der Waals surface area contributed by atoms with E-state index in [1.165, 1.54) is 0 Å². The number of hydrogen-bond acceptors (Lipinski definition) is 4. The van der Waals surface area contributed by atoms with Gasteiger partial charge in [-0.2, -0.15) is 0 Å². The zero-order valence-electron chi connectivity index (χ0n) is 17.1. The van der Waals surface area contributed by atoms with Gasteiger partial charge >= 0.3 is 0 Å². The molecule has 2 amide bonds. The van der Waals surface area contributed by atoms with Crippen LogP contribution in [0.25, 0.3) is 0 Å². The average Bonchev–Trinajstić information content (AvgIpc) is 2.65. The zero-order valence-corrected chi connectivity index (χ0v) is 17.1. The molecule has 3 rings (SSSR count). The van der Waals surface area contributed by atoms with Crippen LogP contribution in [0, 0.1) is 12.8 Å². The Morgan fingerprint density at radius 1 is 1.18 bits per heavy atom. The summed E-state index contributed by atoms with van der Waals surface area (Å²) in [6.07, 6.45) is 0. The van der Waals surface area contributed by atoms with Gasteiger partial charge in [-0.25, -0.2) is 4.98 Å². The predicted molar refractivity (Wildman–Crippen MR) is 112 cm³/mol. The normalized spacial score (nSPS) is 21.0. The van der Waals surface area contributed by atoms with Gasteiger partial charge in [0.15, 0.2) is 0 Å². The maximum Gasteiger partial charge on any atom is 0.251 e. The molecule has 0 radical (unpaired) electrons. The van der Waals surface area contributed by atoms with Crippen LogP contribution in [0.15, 0.2) is 36.4 Å². The lowest BCUT2D eigenvalue weighted by molar-refractivity contribution is -0.117. The Kier molecular flexibility index (Phi) is 5.68. The van der Waals surface area contributed by atoms with Gasteiger partial charge in [0.1, 0.15) is 5.82 Å². The molecule has 2 heterocycles. The highest BCUT2D eigenvalue weighted by Crippen LogP contribution is 2.42. The third kappa shape index (κ3) is 3.72. The standard InChI is InChI=1S/C22H28N4O2/c1-6-23-22(28)17-10-11-19-18(12-17)21(14(3)15(4)26(19)16(5)27)25-20-9-7-8-13(2)24-20/h7-12,14-15,21H,6H2,1-5H3,(H,23,28)(H,24,25). The highest BCUT2D eigenvalue weighted by atomic mass is 16.2. The number of nitrogens with one attached hydrogen (secondary N) is 2. The van der Waals surface area contributed by atoms with E-state index in [1.807, 2.05) is 49.1 Å². The fourth-order valence-electron chi connectivity index (χ4n) is 3.89. The molecule has 6 nitrogen and oxygen atoms in total. The lowest BCUT2D eigenvalue weighted by atomic mass is 9.82. The number of aryl methyl sites for hydroxylation is 1. The topological polar surface area (TPSA) is 74.3 Å². The molecule has 2 N–H and O–H groups in total. The number of carbonyl (C=O) groups excluding carboxylic acids is 2. The van der Waals surface area contributed by atoms with Gasteiger partial charge in [0, 0.05) is 42.4 Å². The lowest BCUT2D eigenvalue weighted by Gasteiger charge is -2.44. The van der Waals surface area contributed by atoms with Gasteiger partial charge in [-0.05, 0) is 56.7 Å². The summed E-state index contributed by atoms with van der Waals surface area (Å²) >= 11 is 0. The van der Waals surface area contributed by atoms with E-state index < -0.39 is 0 Å². The van der Waals surface area contributed by atoms with Crippen molar-refractivity contribution in [3.63, 3.8) is 0 Å². The molecule has 0 bridgehead atoms. The number of rotatable bonds is 4. The molecule has 28 heavy (non-hydrogen) atoms. The van der Waals surface area contributed by atoms with Crippen molar-refractivity contribution in [3.05, 3.63) is 53.2 Å². The maximum atomic E-state index is 12.4. The van der Waals surface area contributed by atoms with Crippen LogP contribution in [-0.4, -0.2) is 29.4 Å². The molecule has 1 aromatic carbocycles. The summed E-state index contributed by atoms with van der Waals surface area (Å²) in [5.41, 5.74) is 3.31. The van der Waals surface area contributed by atoms with Crippen LogP contribution < -0.4 is 15.5 Å². The van der Waals surface area contributed by atoms with Crippen LogP contribution in [0.4, 0.5) is 11.5 Å². The molecule has 3 unspecified atom stereocenters. The van der Waals surface area contributed by atoms with Crippen molar-refractivity contribution in [1.82, 2.24) is 10.3 Å². The van der Waals surface area contributed by atoms with Crippen LogP contribution in [0.2, 0.25) is 0 Å². The number of anilines is 2. The van der Waals surface area contributed by atoms with Gasteiger partial charge in [-0.3, -0.25) is 9.59 Å². The highest BCUT2D eigenvalue weighted by Gasteiger charge is 2.38. The van der Waals surface area contributed by atoms with Crippen molar-refractivity contribution in [2.45, 2.75) is 46.7 Å². The van der Waals surface area contributed by atoms with Crippen molar-refractivity contribution < 1.29 is 9.59 Å². The van der Waals surface area contributed by atoms with Gasteiger partial charge in [0.05, 0.1) is 6.04 Å². The molecular formula is C22H28N4O2. The summed E-state index contributed by atoms with van der Waals surface area (Å²) in [6.45, 7) is 10.2. The number of benzene rings is 1. The van der Waals surface area contributed by atoms with Gasteiger partial charge < -0.3 is 15.5 Å². The second kappa shape index (κ2) is 8.00. The molecule has 0 saturated carbocycles. The van der Waals surface area contributed by atoms with E-state index in [0.717, 1.165) is 22.8 Å². The fraction of sp³-hybridized carbons (Fsp3) is 0.409. The van der Waals surface area contributed by atoms with Gasteiger partial charge in [0.2, 0.25) is 5.91 Å². The van der Waals surface area contributed by atoms with Crippen molar-refractivity contribution in [3.8, 4) is 0 Å². The molecule has 0 aliphatic carbocycles. The Labute approximate surface area is 166 Å². The second-order valence-corrected chi connectivity index (χ2v) is 7.41. The molecule has 1 aliphatic rings. The van der Waals surface area contributed by atoms with E-state index >= 15 is 0 Å². The van der Waals surface area contributed by atoms with Gasteiger partial charge in [-0.1, -0.05) is 13.0 Å². The summed E-state index contributed by atoms with van der Waals surface area (Å²) < 4.78 is 0. The van der Waals surface area contributed by atoms with E-state index in [4.69, 9.17) is 0 Å². The van der Waals surface area contributed by atoms with Crippen LogP contribution >= 0.6 is 0 Å². The van der Waals surface area contributed by atoms with Crippen molar-refractivity contribution in [2.24, 2.45) is 5.92 Å². The number of carbonyl (C=O) groups is 2. The third-order valence-electron chi connectivity index (χ3n) is 5.45. The van der Waals surface area contributed by atoms with E-state index in [-0.39, 0.29) is 29.8 Å². The largest absolute Gasteiger partial charge is 0.363 e. The Bertz CT molecular complexity index is 896. The molecular weight excluding hydrogens is 352 g/mol. The zero-order chi connectivity index (χ0) is 20.4. The number of amides is 2. The van der Waals surface area contributed by atoms with E-state index in [9.17, 15) is 9.59 Å². The lowest BCUT2D eigenvalue weighted by Crippen LogP contribution is -2.48. The summed E-state index contributed by atoms with van der Waals surface area (Å²) in [5, 5.41) is 6.38. The number of pyridine rings is 1. The molecule has 148 valence electrons. The first-order valence-corrected chi connectivity index (χ1v) is 9.75. The minimum atomic E-state index is -0.113. The Balaban J connectivity index is 2.09. The van der Waals surface area contributed by atoms with Crippen LogP contribution in [0.1, 0.15) is 55.4 Å². The van der Waals surface area contributed by atoms with Crippen LogP contribution in [-0.2, 0) is 4.79 Å². The van der Waals surface area contributed by atoms with Crippen LogP contribution in [0.3, 0.4) is 0 Å². The molecule has 0 spiro atoms. The number of hydrogen-bond donors (Lipinski definition) is 2. The summed E-state index contributed by atoms with van der Waals surface area (Å²) in [5.74, 6) is 0.801. The minimum absolute atomic E-state index is 0.00140. The fourth-order valence-corrected chi connectivity index (χ4v) is 3.89. The summed E-state index contributed by atoms with van der Waals surface area (Å²) in [4.78, 5) is 31.1. The minimum Gasteiger partial charge on any atom is -0.363 e. The first-order valence-electron chi connectivity index (χ1n) is 9.75. The molecule has 6 heteroatoms. The summed E-state index contributed by atoms with van der Waals surface area (Å²) in [7, 11) is 0.